The Balaban J connectivity index is 2.82. The summed E-state index contributed by atoms with van der Waals surface area (Å²) < 4.78 is 11.7. The van der Waals surface area contributed by atoms with E-state index < -0.39 is 12.0 Å². The van der Waals surface area contributed by atoms with Crippen LogP contribution < -0.4 is 10.5 Å². The highest BCUT2D eigenvalue weighted by Crippen LogP contribution is 2.26. The minimum atomic E-state index is -1.09. The molecule has 5 nitrogen and oxygen atoms in total. The Bertz CT molecular complexity index is 383. The number of carboxylic acid groups (broad SMARTS) is 1. The molecule has 82 valence electrons. The Labute approximate surface area is 88.5 Å². The lowest BCUT2D eigenvalue weighted by molar-refractivity contribution is -0.138. The van der Waals surface area contributed by atoms with Crippen molar-refractivity contribution in [3.63, 3.8) is 0 Å². The number of phenolic OH excluding ortho intramolecular Hbond substituents is 1. The number of aliphatic carboxylic acids is 1. The number of hydrogen-bond donors (Lipinski definition) is 3. The lowest BCUT2D eigenvalue weighted by Crippen LogP contribution is -2.32. The lowest BCUT2D eigenvalue weighted by atomic mass is 10.1. The van der Waals surface area contributed by atoms with E-state index in [-0.39, 0.29) is 25.0 Å². The first kappa shape index (κ1) is 9.79. The van der Waals surface area contributed by atoms with Crippen molar-refractivity contribution in [1.82, 2.24) is 0 Å². The van der Waals surface area contributed by atoms with Crippen molar-refractivity contribution in [2.75, 3.05) is 7.09 Å². The average molecular weight is 213 g/mol. The highest BCUT2D eigenvalue weighted by molar-refractivity contribution is 5.73. The van der Waals surface area contributed by atoms with Crippen molar-refractivity contribution in [3.8, 4) is 11.5 Å². The van der Waals surface area contributed by atoms with Crippen molar-refractivity contribution in [2.45, 2.75) is 12.5 Å². The summed E-state index contributed by atoms with van der Waals surface area (Å²) in [5, 5.41) is 18.0. The summed E-state index contributed by atoms with van der Waals surface area (Å²) in [6.07, 6.45) is 0.143. The molecule has 0 bridgehead atoms. The number of carboxylic acids is 1. The van der Waals surface area contributed by atoms with Gasteiger partial charge in [0.2, 0.25) is 0 Å². The van der Waals surface area contributed by atoms with Gasteiger partial charge in [-0.25, -0.2) is 0 Å². The van der Waals surface area contributed by atoms with E-state index in [1.807, 2.05) is 0 Å². The normalized spacial score (nSPS) is 13.0. The third-order valence-corrected chi connectivity index (χ3v) is 1.95. The molecule has 0 saturated heterocycles. The second-order valence-corrected chi connectivity index (χ2v) is 3.10. The van der Waals surface area contributed by atoms with Gasteiger partial charge in [0.25, 0.3) is 0 Å². The SMILES string of the molecule is [3H]COc1cc(C[C@H](N)C(=O)O)ccc1O. The highest BCUT2D eigenvalue weighted by atomic mass is 16.5. The molecule has 0 heterocycles. The molecular formula is C10H13NO4. The van der Waals surface area contributed by atoms with Gasteiger partial charge < -0.3 is 20.7 Å². The van der Waals surface area contributed by atoms with Crippen LogP contribution in [0.1, 0.15) is 6.93 Å². The minimum Gasteiger partial charge on any atom is -0.504 e. The number of methoxy groups -OCH3 is 1. The number of benzene rings is 1. The first-order chi connectivity index (χ1) is 7.54. The maximum atomic E-state index is 10.5. The van der Waals surface area contributed by atoms with E-state index in [1.165, 1.54) is 12.1 Å². The van der Waals surface area contributed by atoms with E-state index in [9.17, 15) is 9.90 Å². The van der Waals surface area contributed by atoms with Gasteiger partial charge in [0.05, 0.1) is 8.46 Å². The zero-order valence-electron chi connectivity index (χ0n) is 9.01. The summed E-state index contributed by atoms with van der Waals surface area (Å²) in [7, 11) is -0.317. The van der Waals surface area contributed by atoms with Gasteiger partial charge in [-0.1, -0.05) is 6.07 Å². The van der Waals surface area contributed by atoms with Crippen molar-refractivity contribution in [2.24, 2.45) is 5.73 Å². The maximum absolute atomic E-state index is 10.5. The quantitative estimate of drug-likeness (QED) is 0.671. The van der Waals surface area contributed by atoms with Crippen molar-refractivity contribution in [1.29, 1.82) is 0 Å². The number of ether oxygens (including phenoxy) is 1. The van der Waals surface area contributed by atoms with Crippen molar-refractivity contribution >= 4 is 5.97 Å². The molecule has 0 unspecified atom stereocenters. The Kier molecular flexibility index (Phi) is 3.04. The molecule has 0 amide bonds. The monoisotopic (exact) mass is 213 g/mol. The molecule has 0 spiro atoms. The van der Waals surface area contributed by atoms with Gasteiger partial charge in [-0.05, 0) is 24.1 Å². The maximum Gasteiger partial charge on any atom is 0.320 e. The minimum absolute atomic E-state index is 0.0834. The van der Waals surface area contributed by atoms with Gasteiger partial charge in [-0.2, -0.15) is 0 Å². The summed E-state index contributed by atoms with van der Waals surface area (Å²) >= 11 is 0. The summed E-state index contributed by atoms with van der Waals surface area (Å²) in [5.41, 5.74) is 6.01. The van der Waals surface area contributed by atoms with Crippen LogP contribution in [-0.2, 0) is 11.2 Å². The fourth-order valence-corrected chi connectivity index (χ4v) is 1.14. The number of aromatic hydroxyl groups is 1. The molecular weight excluding hydrogens is 198 g/mol. The molecule has 0 saturated carbocycles. The predicted octanol–water partition coefficient (Wildman–Crippen LogP) is 0.355. The molecule has 5 heteroatoms. The molecule has 4 N–H and O–H groups in total. The molecule has 1 rings (SSSR count). The molecule has 0 aliphatic carbocycles. The Morgan fingerprint density at radius 2 is 2.47 bits per heavy atom. The third kappa shape index (κ3) is 2.85. The number of phenols is 1. The molecule has 15 heavy (non-hydrogen) atoms. The summed E-state index contributed by atoms with van der Waals surface area (Å²) in [6, 6.07) is 3.43. The Hall–Kier alpha value is -1.75. The van der Waals surface area contributed by atoms with E-state index in [0.717, 1.165) is 0 Å². The molecule has 0 fully saturated rings. The van der Waals surface area contributed by atoms with Crippen LogP contribution in [0.25, 0.3) is 0 Å². The van der Waals surface area contributed by atoms with Gasteiger partial charge in [0.1, 0.15) is 6.04 Å². The molecule has 1 aromatic rings. The van der Waals surface area contributed by atoms with Crippen LogP contribution >= 0.6 is 0 Å². The van der Waals surface area contributed by atoms with Crippen LogP contribution in [0.5, 0.6) is 11.5 Å². The topological polar surface area (TPSA) is 92.8 Å². The Morgan fingerprint density at radius 1 is 1.73 bits per heavy atom. The molecule has 0 aliphatic rings. The first-order valence-electron chi connectivity index (χ1n) is 4.97. The largest absolute Gasteiger partial charge is 0.504 e. The number of nitrogens with two attached hydrogens (primary N) is 1. The van der Waals surface area contributed by atoms with Crippen molar-refractivity contribution < 1.29 is 21.1 Å². The number of rotatable bonds is 4. The van der Waals surface area contributed by atoms with Crippen LogP contribution in [-0.4, -0.2) is 29.3 Å². The summed E-state index contributed by atoms with van der Waals surface area (Å²) in [6.45, 7) is 0. The number of hydrogen-bond acceptors (Lipinski definition) is 4. The van der Waals surface area contributed by atoms with Crippen LogP contribution in [0.2, 0.25) is 0 Å². The predicted molar refractivity (Wildman–Crippen MR) is 54.0 cm³/mol. The third-order valence-electron chi connectivity index (χ3n) is 1.95. The molecule has 1 aromatic carbocycles. The van der Waals surface area contributed by atoms with Crippen LogP contribution in [0.3, 0.4) is 0 Å². The standard InChI is InChI=1S/C10H13NO4/c1-15-9-5-6(2-3-8(9)12)4-7(11)10(13)14/h2-3,5,7,12H,4,11H2,1H3,(H,13,14)/t7-/m0/s1/i1T. The van der Waals surface area contributed by atoms with Crippen LogP contribution in [0.4, 0.5) is 0 Å². The second-order valence-electron chi connectivity index (χ2n) is 3.10. The molecule has 0 aromatic heterocycles. The Morgan fingerprint density at radius 3 is 3.07 bits per heavy atom. The van der Waals surface area contributed by atoms with Crippen molar-refractivity contribution in [3.05, 3.63) is 23.8 Å². The molecule has 1 atom stereocenters. The van der Waals surface area contributed by atoms with Gasteiger partial charge in [-0.3, -0.25) is 4.79 Å². The van der Waals surface area contributed by atoms with Crippen LogP contribution in [0, 0.1) is 0 Å². The van der Waals surface area contributed by atoms with E-state index in [4.69, 9.17) is 16.9 Å². The number of carbonyl (C=O) groups is 1. The zero-order valence-corrected chi connectivity index (χ0v) is 8.01. The lowest BCUT2D eigenvalue weighted by Gasteiger charge is -2.08. The van der Waals surface area contributed by atoms with Gasteiger partial charge in [0, 0.05) is 0 Å². The average Bonchev–Trinajstić information content (AvgIpc) is 2.23. The molecule has 0 radical (unpaired) electrons. The molecule has 0 aliphatic heterocycles. The van der Waals surface area contributed by atoms with E-state index in [0.29, 0.717) is 5.56 Å². The van der Waals surface area contributed by atoms with E-state index in [2.05, 4.69) is 0 Å². The van der Waals surface area contributed by atoms with Gasteiger partial charge in [0.15, 0.2) is 11.5 Å². The highest BCUT2D eigenvalue weighted by Gasteiger charge is 2.13. The van der Waals surface area contributed by atoms with Crippen LogP contribution in [0.15, 0.2) is 18.2 Å². The van der Waals surface area contributed by atoms with Gasteiger partial charge >= 0.3 is 5.97 Å². The van der Waals surface area contributed by atoms with E-state index in [1.54, 1.807) is 6.07 Å². The van der Waals surface area contributed by atoms with E-state index >= 15 is 0 Å². The first-order valence-corrected chi connectivity index (χ1v) is 4.27. The van der Waals surface area contributed by atoms with Gasteiger partial charge in [-0.15, -0.1) is 0 Å². The summed E-state index contributed by atoms with van der Waals surface area (Å²) in [5.74, 6) is -1.01. The summed E-state index contributed by atoms with van der Waals surface area (Å²) in [4.78, 5) is 10.5. The fraction of sp³-hybridized carbons (Fsp3) is 0.300. The smallest absolute Gasteiger partial charge is 0.320 e. The fourth-order valence-electron chi connectivity index (χ4n) is 1.14. The zero-order chi connectivity index (χ0) is 12.1. The second kappa shape index (κ2) is 4.65.